The summed E-state index contributed by atoms with van der Waals surface area (Å²) in [5.74, 6) is 0.794. The Bertz CT molecular complexity index is 467. The van der Waals surface area contributed by atoms with Crippen LogP contribution in [0, 0.1) is 0 Å². The molecule has 1 fully saturated rings. The van der Waals surface area contributed by atoms with Gasteiger partial charge in [-0.25, -0.2) is 0 Å². The second kappa shape index (κ2) is 6.91. The third kappa shape index (κ3) is 5.02. The minimum Gasteiger partial charge on any atom is -0.492 e. The Labute approximate surface area is 126 Å². The van der Waals surface area contributed by atoms with Gasteiger partial charge in [0.05, 0.1) is 0 Å². The molecule has 1 aliphatic carbocycles. The number of carbonyl (C=O) groups is 1. The highest BCUT2D eigenvalue weighted by Gasteiger charge is 2.34. The Balaban J connectivity index is 1.77. The van der Waals surface area contributed by atoms with E-state index in [0.29, 0.717) is 13.0 Å². The van der Waals surface area contributed by atoms with E-state index in [-0.39, 0.29) is 11.4 Å². The summed E-state index contributed by atoms with van der Waals surface area (Å²) in [5, 5.41) is 2.89. The Hall–Kier alpha value is -1.59. The molecule has 1 aromatic carbocycles. The summed E-state index contributed by atoms with van der Waals surface area (Å²) in [4.78, 5) is 14.0. The summed E-state index contributed by atoms with van der Waals surface area (Å²) >= 11 is 0. The zero-order chi connectivity index (χ0) is 15.3. The van der Waals surface area contributed by atoms with Crippen LogP contribution in [0.5, 0.6) is 5.75 Å². The lowest BCUT2D eigenvalue weighted by atomic mass is 9.75. The van der Waals surface area contributed by atoms with Crippen molar-refractivity contribution in [2.24, 2.45) is 5.73 Å². The number of likely N-dealkylation sites (N-methyl/N-ethyl adjacent to an activating group) is 1. The summed E-state index contributed by atoms with van der Waals surface area (Å²) in [5.41, 5.74) is 6.58. The number of hydrogen-bond acceptors (Lipinski definition) is 4. The van der Waals surface area contributed by atoms with Crippen LogP contribution in [-0.4, -0.2) is 43.6 Å². The smallest absolute Gasteiger partial charge is 0.226 e. The molecule has 0 radical (unpaired) electrons. The third-order valence-electron chi connectivity index (χ3n) is 3.81. The van der Waals surface area contributed by atoms with Crippen molar-refractivity contribution in [1.82, 2.24) is 4.90 Å². The molecule has 0 aliphatic heterocycles. The Morgan fingerprint density at radius 2 is 2.00 bits per heavy atom. The number of nitrogens with two attached hydrogens (primary N) is 1. The summed E-state index contributed by atoms with van der Waals surface area (Å²) in [6.45, 7) is 1.52. The SMILES string of the molecule is CN(C)CCOc1ccc(NC(=O)CC2(N)CCC2)cc1. The minimum absolute atomic E-state index is 0.0153. The van der Waals surface area contributed by atoms with Gasteiger partial charge in [0.1, 0.15) is 12.4 Å². The fraction of sp³-hybridized carbons (Fsp3) is 0.562. The largest absolute Gasteiger partial charge is 0.492 e. The predicted octanol–water partition coefficient (Wildman–Crippen LogP) is 1.84. The van der Waals surface area contributed by atoms with Crippen molar-refractivity contribution >= 4 is 11.6 Å². The van der Waals surface area contributed by atoms with Crippen LogP contribution in [0.1, 0.15) is 25.7 Å². The van der Waals surface area contributed by atoms with Crippen molar-refractivity contribution in [3.63, 3.8) is 0 Å². The average molecular weight is 291 g/mol. The Morgan fingerprint density at radius 3 is 2.52 bits per heavy atom. The van der Waals surface area contributed by atoms with Crippen molar-refractivity contribution in [3.8, 4) is 5.75 Å². The fourth-order valence-corrected chi connectivity index (χ4v) is 2.31. The van der Waals surface area contributed by atoms with Gasteiger partial charge in [-0.3, -0.25) is 4.79 Å². The van der Waals surface area contributed by atoms with E-state index in [0.717, 1.165) is 37.2 Å². The number of anilines is 1. The molecule has 1 aromatic rings. The molecule has 1 amide bonds. The number of carbonyl (C=O) groups excluding carboxylic acids is 1. The first-order valence-electron chi connectivity index (χ1n) is 7.43. The quantitative estimate of drug-likeness (QED) is 0.804. The number of ether oxygens (including phenoxy) is 1. The van der Waals surface area contributed by atoms with E-state index in [2.05, 4.69) is 10.2 Å². The zero-order valence-electron chi connectivity index (χ0n) is 12.9. The van der Waals surface area contributed by atoms with Crippen molar-refractivity contribution in [3.05, 3.63) is 24.3 Å². The van der Waals surface area contributed by atoms with E-state index in [1.54, 1.807) is 0 Å². The molecule has 1 saturated carbocycles. The van der Waals surface area contributed by atoms with E-state index >= 15 is 0 Å². The summed E-state index contributed by atoms with van der Waals surface area (Å²) < 4.78 is 5.61. The molecule has 5 heteroatoms. The molecule has 0 atom stereocenters. The number of benzene rings is 1. The molecule has 0 bridgehead atoms. The lowest BCUT2D eigenvalue weighted by molar-refractivity contribution is -0.118. The lowest BCUT2D eigenvalue weighted by Gasteiger charge is -2.37. The van der Waals surface area contributed by atoms with Gasteiger partial charge in [-0.05, 0) is 57.6 Å². The van der Waals surface area contributed by atoms with Crippen LogP contribution in [0.15, 0.2) is 24.3 Å². The van der Waals surface area contributed by atoms with Gasteiger partial charge in [-0.2, -0.15) is 0 Å². The second-order valence-corrected chi connectivity index (χ2v) is 6.12. The number of amides is 1. The van der Waals surface area contributed by atoms with Crippen LogP contribution in [0.3, 0.4) is 0 Å². The first-order chi connectivity index (χ1) is 9.97. The molecule has 2 rings (SSSR count). The van der Waals surface area contributed by atoms with E-state index in [1.165, 1.54) is 0 Å². The van der Waals surface area contributed by atoms with Gasteiger partial charge in [-0.1, -0.05) is 0 Å². The van der Waals surface area contributed by atoms with Gasteiger partial charge in [0, 0.05) is 24.2 Å². The summed E-state index contributed by atoms with van der Waals surface area (Å²) in [7, 11) is 4.02. The standard InChI is InChI=1S/C16H25N3O2/c1-19(2)10-11-21-14-6-4-13(5-7-14)18-15(20)12-16(17)8-3-9-16/h4-7H,3,8-12,17H2,1-2H3,(H,18,20). The summed E-state index contributed by atoms with van der Waals surface area (Å²) in [6, 6.07) is 7.44. The van der Waals surface area contributed by atoms with Crippen LogP contribution in [0.25, 0.3) is 0 Å². The predicted molar refractivity (Wildman–Crippen MR) is 84.5 cm³/mol. The number of nitrogens with one attached hydrogen (secondary N) is 1. The van der Waals surface area contributed by atoms with Crippen molar-refractivity contribution in [1.29, 1.82) is 0 Å². The van der Waals surface area contributed by atoms with Crippen LogP contribution in [0.2, 0.25) is 0 Å². The first kappa shape index (κ1) is 15.8. The Morgan fingerprint density at radius 1 is 1.33 bits per heavy atom. The molecular formula is C16H25N3O2. The van der Waals surface area contributed by atoms with E-state index in [1.807, 2.05) is 38.4 Å². The van der Waals surface area contributed by atoms with Crippen molar-refractivity contribution < 1.29 is 9.53 Å². The molecule has 0 heterocycles. The number of nitrogens with zero attached hydrogens (tertiary/aromatic N) is 1. The van der Waals surface area contributed by atoms with Crippen molar-refractivity contribution in [2.45, 2.75) is 31.2 Å². The van der Waals surface area contributed by atoms with Crippen LogP contribution < -0.4 is 15.8 Å². The van der Waals surface area contributed by atoms with Gasteiger partial charge in [-0.15, -0.1) is 0 Å². The Kier molecular flexibility index (Phi) is 5.20. The maximum Gasteiger partial charge on any atom is 0.226 e. The molecular weight excluding hydrogens is 266 g/mol. The van der Waals surface area contributed by atoms with Gasteiger partial charge in [0.15, 0.2) is 0 Å². The van der Waals surface area contributed by atoms with Gasteiger partial charge >= 0.3 is 0 Å². The number of rotatable bonds is 7. The molecule has 0 unspecified atom stereocenters. The van der Waals surface area contributed by atoms with Gasteiger partial charge in [0.2, 0.25) is 5.91 Å². The molecule has 5 nitrogen and oxygen atoms in total. The topological polar surface area (TPSA) is 67.6 Å². The first-order valence-corrected chi connectivity index (χ1v) is 7.43. The molecule has 21 heavy (non-hydrogen) atoms. The van der Waals surface area contributed by atoms with Gasteiger partial charge < -0.3 is 20.7 Å². The second-order valence-electron chi connectivity index (χ2n) is 6.12. The normalized spacial score (nSPS) is 16.4. The summed E-state index contributed by atoms with van der Waals surface area (Å²) in [6.07, 6.45) is 3.41. The minimum atomic E-state index is -0.278. The molecule has 0 saturated heterocycles. The zero-order valence-corrected chi connectivity index (χ0v) is 12.9. The van der Waals surface area contributed by atoms with E-state index in [4.69, 9.17) is 10.5 Å². The van der Waals surface area contributed by atoms with Crippen LogP contribution >= 0.6 is 0 Å². The fourth-order valence-electron chi connectivity index (χ4n) is 2.31. The molecule has 3 N–H and O–H groups in total. The molecule has 0 spiro atoms. The maximum atomic E-state index is 11.9. The van der Waals surface area contributed by atoms with Crippen LogP contribution in [-0.2, 0) is 4.79 Å². The highest BCUT2D eigenvalue weighted by Crippen LogP contribution is 2.32. The molecule has 1 aliphatic rings. The van der Waals surface area contributed by atoms with Crippen molar-refractivity contribution in [2.75, 3.05) is 32.6 Å². The van der Waals surface area contributed by atoms with E-state index < -0.39 is 0 Å². The van der Waals surface area contributed by atoms with Crippen LogP contribution in [0.4, 0.5) is 5.69 Å². The average Bonchev–Trinajstić information content (AvgIpc) is 2.38. The lowest BCUT2D eigenvalue weighted by Crippen LogP contribution is -2.48. The highest BCUT2D eigenvalue weighted by molar-refractivity contribution is 5.91. The monoisotopic (exact) mass is 291 g/mol. The molecule has 0 aromatic heterocycles. The van der Waals surface area contributed by atoms with Gasteiger partial charge in [0.25, 0.3) is 0 Å². The third-order valence-corrected chi connectivity index (χ3v) is 3.81. The number of hydrogen-bond donors (Lipinski definition) is 2. The maximum absolute atomic E-state index is 11.9. The highest BCUT2D eigenvalue weighted by atomic mass is 16.5. The van der Waals surface area contributed by atoms with E-state index in [9.17, 15) is 4.79 Å². The molecule has 116 valence electrons.